The third kappa shape index (κ3) is 11.7. The molecule has 1 rings (SSSR count). The fourth-order valence-electron chi connectivity index (χ4n) is 0.227. The Balaban J connectivity index is 0. The molecule has 0 bridgehead atoms. The zero-order valence-corrected chi connectivity index (χ0v) is 10.9. The molecule has 6 heteroatoms. The van der Waals surface area contributed by atoms with Crippen LogP contribution in [0.2, 0.25) is 0 Å². The van der Waals surface area contributed by atoms with E-state index in [1.807, 2.05) is 22.9 Å². The van der Waals surface area contributed by atoms with E-state index in [4.69, 9.17) is 20.3 Å². The van der Waals surface area contributed by atoms with Gasteiger partial charge in [0.2, 0.25) is 0 Å². The number of thiophene rings is 1. The van der Waals surface area contributed by atoms with E-state index in [1.54, 1.807) is 39.0 Å². The summed E-state index contributed by atoms with van der Waals surface area (Å²) in [4.78, 5) is 0. The van der Waals surface area contributed by atoms with E-state index < -0.39 is 11.2 Å². The Labute approximate surface area is 102 Å². The van der Waals surface area contributed by atoms with Crippen molar-refractivity contribution in [2.45, 2.75) is 38.9 Å². The summed E-state index contributed by atoms with van der Waals surface area (Å²) in [5.41, 5.74) is -2.01. The van der Waals surface area contributed by atoms with Gasteiger partial charge < -0.3 is 20.3 Å². The Bertz CT molecular complexity index is 197. The summed E-state index contributed by atoms with van der Waals surface area (Å²) < 4.78 is 0. The first-order valence-electron chi connectivity index (χ1n) is 4.69. The van der Waals surface area contributed by atoms with Crippen LogP contribution in [0, 0.1) is 0 Å². The molecule has 16 heavy (non-hydrogen) atoms. The minimum Gasteiger partial charge on any atom is -0.429 e. The zero-order valence-electron chi connectivity index (χ0n) is 10.1. The number of hydrogen-bond acceptors (Lipinski definition) is 5. The molecule has 0 fully saturated rings. The van der Waals surface area contributed by atoms with Gasteiger partial charge in [-0.15, -0.1) is 0 Å². The van der Waals surface area contributed by atoms with E-state index in [2.05, 4.69) is 0 Å². The van der Waals surface area contributed by atoms with Gasteiger partial charge in [0.05, 0.1) is 11.2 Å². The van der Waals surface area contributed by atoms with Crippen LogP contribution >= 0.6 is 11.3 Å². The van der Waals surface area contributed by atoms with Crippen molar-refractivity contribution in [3.05, 3.63) is 22.9 Å². The zero-order chi connectivity index (χ0) is 13.2. The molecule has 0 aliphatic carbocycles. The van der Waals surface area contributed by atoms with Crippen molar-refractivity contribution >= 4 is 19.0 Å². The second-order valence-corrected chi connectivity index (χ2v) is 4.84. The SMILES string of the molecule is CC(C)(O)C(C)(C)O.O[B]O.c1ccsc1. The maximum Gasteiger partial charge on any atom is 0.482 e. The second-order valence-electron chi connectivity index (χ2n) is 4.03. The van der Waals surface area contributed by atoms with Crippen molar-refractivity contribution in [1.82, 2.24) is 0 Å². The first-order chi connectivity index (χ1) is 7.16. The summed E-state index contributed by atoms with van der Waals surface area (Å²) in [6.07, 6.45) is 0. The first kappa shape index (κ1) is 18.0. The van der Waals surface area contributed by atoms with Gasteiger partial charge in [-0.1, -0.05) is 12.1 Å². The standard InChI is InChI=1S/C6H14O2.C4H4S.BH2O2/c1-5(2,7)6(3,4)8;1-2-4-5-3-1;2-1-3/h7-8H,1-4H3;1-4H;2-3H. The lowest BCUT2D eigenvalue weighted by atomic mass is 9.90. The summed E-state index contributed by atoms with van der Waals surface area (Å²) in [5, 5.41) is 36.3. The highest BCUT2D eigenvalue weighted by molar-refractivity contribution is 7.07. The molecule has 0 spiro atoms. The molecule has 1 aromatic heterocycles. The van der Waals surface area contributed by atoms with Gasteiger partial charge in [-0.25, -0.2) is 0 Å². The highest BCUT2D eigenvalue weighted by atomic mass is 32.1. The summed E-state index contributed by atoms with van der Waals surface area (Å²) in [6, 6.07) is 4.04. The van der Waals surface area contributed by atoms with E-state index >= 15 is 0 Å². The van der Waals surface area contributed by atoms with Gasteiger partial charge in [0.25, 0.3) is 0 Å². The van der Waals surface area contributed by atoms with E-state index in [1.165, 1.54) is 0 Å². The predicted molar refractivity (Wildman–Crippen MR) is 67.1 cm³/mol. The largest absolute Gasteiger partial charge is 0.482 e. The van der Waals surface area contributed by atoms with Crippen LogP contribution in [0.4, 0.5) is 0 Å². The van der Waals surface area contributed by atoms with Crippen LogP contribution in [0.25, 0.3) is 0 Å². The van der Waals surface area contributed by atoms with E-state index in [0.717, 1.165) is 0 Å². The molecule has 0 aliphatic heterocycles. The minimum absolute atomic E-state index is 0. The molecule has 0 saturated heterocycles. The maximum absolute atomic E-state index is 9.10. The molecule has 93 valence electrons. The lowest BCUT2D eigenvalue weighted by Crippen LogP contribution is -2.44. The van der Waals surface area contributed by atoms with Gasteiger partial charge in [0.15, 0.2) is 0 Å². The maximum atomic E-state index is 9.10. The molecule has 4 N–H and O–H groups in total. The molecule has 0 unspecified atom stereocenters. The third-order valence-electron chi connectivity index (χ3n) is 1.92. The lowest BCUT2D eigenvalue weighted by Gasteiger charge is -2.31. The van der Waals surface area contributed by atoms with Crippen molar-refractivity contribution in [3.63, 3.8) is 0 Å². The molecule has 0 saturated carbocycles. The van der Waals surface area contributed by atoms with Crippen LogP contribution in [-0.2, 0) is 0 Å². The van der Waals surface area contributed by atoms with Crippen molar-refractivity contribution in [1.29, 1.82) is 0 Å². The van der Waals surface area contributed by atoms with Crippen LogP contribution < -0.4 is 0 Å². The topological polar surface area (TPSA) is 80.9 Å². The predicted octanol–water partition coefficient (Wildman–Crippen LogP) is 0.781. The molecule has 1 radical (unpaired) electrons. The van der Waals surface area contributed by atoms with Gasteiger partial charge in [-0.3, -0.25) is 0 Å². The van der Waals surface area contributed by atoms with E-state index in [-0.39, 0.29) is 7.69 Å². The summed E-state index contributed by atoms with van der Waals surface area (Å²) in [6.45, 7) is 6.31. The average molecular weight is 247 g/mol. The fourth-order valence-corrected chi connectivity index (χ4v) is 0.680. The first-order valence-corrected chi connectivity index (χ1v) is 5.63. The van der Waals surface area contributed by atoms with Crippen molar-refractivity contribution in [2.75, 3.05) is 0 Å². The Kier molecular flexibility index (Phi) is 9.80. The quantitative estimate of drug-likeness (QED) is 0.553. The summed E-state index contributed by atoms with van der Waals surface area (Å²) >= 11 is 1.71. The van der Waals surface area contributed by atoms with Gasteiger partial charge in [-0.05, 0) is 38.5 Å². The molecule has 0 amide bonds. The Morgan fingerprint density at radius 2 is 1.12 bits per heavy atom. The van der Waals surface area contributed by atoms with Crippen molar-refractivity contribution in [3.8, 4) is 0 Å². The van der Waals surface area contributed by atoms with E-state index in [0.29, 0.717) is 0 Å². The second kappa shape index (κ2) is 8.72. The highest BCUT2D eigenvalue weighted by Gasteiger charge is 2.31. The lowest BCUT2D eigenvalue weighted by molar-refractivity contribution is -0.107. The molecule has 0 aromatic carbocycles. The van der Waals surface area contributed by atoms with Crippen LogP contribution in [0.1, 0.15) is 27.7 Å². The summed E-state index contributed by atoms with van der Waals surface area (Å²) in [5.74, 6) is 0. The van der Waals surface area contributed by atoms with E-state index in [9.17, 15) is 0 Å². The van der Waals surface area contributed by atoms with Gasteiger partial charge >= 0.3 is 7.69 Å². The number of aliphatic hydroxyl groups is 2. The van der Waals surface area contributed by atoms with Crippen LogP contribution in [-0.4, -0.2) is 39.1 Å². The Morgan fingerprint density at radius 1 is 0.875 bits per heavy atom. The fraction of sp³-hybridized carbons (Fsp3) is 0.600. The van der Waals surface area contributed by atoms with Crippen LogP contribution in [0.3, 0.4) is 0 Å². The smallest absolute Gasteiger partial charge is 0.429 e. The molecular formula is C10H20BO4S. The monoisotopic (exact) mass is 247 g/mol. The van der Waals surface area contributed by atoms with Crippen molar-refractivity contribution in [2.24, 2.45) is 0 Å². The molecule has 1 aromatic rings. The van der Waals surface area contributed by atoms with Gasteiger partial charge in [-0.2, -0.15) is 11.3 Å². The molecule has 0 aliphatic rings. The Morgan fingerprint density at radius 3 is 1.19 bits per heavy atom. The van der Waals surface area contributed by atoms with Crippen LogP contribution in [0.15, 0.2) is 22.9 Å². The molecule has 4 nitrogen and oxygen atoms in total. The summed E-state index contributed by atoms with van der Waals surface area (Å²) in [7, 11) is 0. The normalized spacial score (nSPS) is 10.5. The highest BCUT2D eigenvalue weighted by Crippen LogP contribution is 2.19. The molecule has 1 heterocycles. The average Bonchev–Trinajstić information content (AvgIpc) is 2.57. The molecular weight excluding hydrogens is 227 g/mol. The third-order valence-corrected chi connectivity index (χ3v) is 2.55. The Hall–Kier alpha value is -0.395. The minimum atomic E-state index is -1.01. The van der Waals surface area contributed by atoms with Crippen LogP contribution in [0.5, 0.6) is 0 Å². The number of hydrogen-bond donors (Lipinski definition) is 4. The number of rotatable bonds is 1. The van der Waals surface area contributed by atoms with Crippen molar-refractivity contribution < 1.29 is 20.3 Å². The molecule has 0 atom stereocenters. The van der Waals surface area contributed by atoms with Gasteiger partial charge in [0, 0.05) is 0 Å². The van der Waals surface area contributed by atoms with Gasteiger partial charge in [0.1, 0.15) is 0 Å².